The first-order valence-corrected chi connectivity index (χ1v) is 20.0. The Kier molecular flexibility index (Phi) is 10.6. The molecule has 298 valence electrons. The van der Waals surface area contributed by atoms with E-state index in [1.807, 2.05) is 18.3 Å². The number of hydrogen-bond acceptors (Lipinski definition) is 4. The Morgan fingerprint density at radius 1 is 0.576 bits per heavy atom. The summed E-state index contributed by atoms with van der Waals surface area (Å²) >= 11 is 0. The normalized spacial score (nSPS) is 13.3. The van der Waals surface area contributed by atoms with E-state index in [-0.39, 0.29) is 31.9 Å². The van der Waals surface area contributed by atoms with Gasteiger partial charge in [0.2, 0.25) is 0 Å². The first kappa shape index (κ1) is 39.9. The number of fused-ring (bicyclic) bond motifs is 3. The molecule has 0 aliphatic carbocycles. The van der Waals surface area contributed by atoms with Gasteiger partial charge in [-0.15, -0.1) is 53.6 Å². The van der Waals surface area contributed by atoms with Crippen LogP contribution in [0.2, 0.25) is 0 Å². The van der Waals surface area contributed by atoms with Crippen molar-refractivity contribution < 1.29 is 25.8 Å². The van der Waals surface area contributed by atoms with Crippen LogP contribution >= 0.6 is 0 Å². The number of anilines is 2. The van der Waals surface area contributed by atoms with Gasteiger partial charge >= 0.3 is 0 Å². The maximum absolute atomic E-state index is 6.75. The van der Waals surface area contributed by atoms with Crippen LogP contribution in [0.15, 0.2) is 163 Å². The predicted octanol–water partition coefficient (Wildman–Crippen LogP) is 13.6. The van der Waals surface area contributed by atoms with E-state index in [4.69, 9.17) is 9.72 Å². The molecule has 0 amide bonds. The van der Waals surface area contributed by atoms with Gasteiger partial charge in [-0.2, -0.15) is 6.07 Å². The average Bonchev–Trinajstić information content (AvgIpc) is 3.73. The summed E-state index contributed by atoms with van der Waals surface area (Å²) in [6, 6.07) is 58.5. The molecular weight excluding hydrogens is 904 g/mol. The van der Waals surface area contributed by atoms with Gasteiger partial charge in [0.25, 0.3) is 0 Å². The summed E-state index contributed by atoms with van der Waals surface area (Å²) in [6.45, 7) is 17.7. The van der Waals surface area contributed by atoms with Gasteiger partial charge in [-0.25, -0.2) is 4.98 Å². The van der Waals surface area contributed by atoms with Gasteiger partial charge in [0.15, 0.2) is 0 Å². The summed E-state index contributed by atoms with van der Waals surface area (Å²) in [7, 11) is 0. The van der Waals surface area contributed by atoms with E-state index in [9.17, 15) is 0 Å². The fourth-order valence-corrected chi connectivity index (χ4v) is 8.01. The molecule has 8 aromatic rings. The maximum Gasteiger partial charge on any atom is 0.135 e. The molecule has 0 saturated heterocycles. The van der Waals surface area contributed by atoms with Gasteiger partial charge < -0.3 is 19.1 Å². The standard InChI is InChI=1S/C53H47N4O.Pt/c1-36-37(2)56(35-55(36)43-24-22-41(23-25-43)53(6,7)40-18-12-9-13-19-40)44-30-39(38-16-10-8-11-17-38)31-46(33-44)58-45-26-27-48-47-20-14-15-21-49(47)57(50(48)34-45)51-32-42(28-29-54-51)52(3,4)5;/h8-32,35H,1-7H3;/q-3;. The zero-order valence-corrected chi connectivity index (χ0v) is 36.8. The fraction of sp³-hybridized carbons (Fsp3) is 0.170. The summed E-state index contributed by atoms with van der Waals surface area (Å²) in [5.74, 6) is 2.06. The number of pyridine rings is 1. The number of nitrogens with zero attached hydrogens (tertiary/aromatic N) is 4. The molecule has 2 aromatic heterocycles. The Morgan fingerprint density at radius 3 is 1.97 bits per heavy atom. The molecule has 0 atom stereocenters. The summed E-state index contributed by atoms with van der Waals surface area (Å²) in [4.78, 5) is 9.31. The number of rotatable bonds is 8. The zero-order chi connectivity index (χ0) is 40.2. The smallest absolute Gasteiger partial charge is 0.135 e. The maximum atomic E-state index is 6.75. The second-order valence-corrected chi connectivity index (χ2v) is 16.7. The zero-order valence-electron chi connectivity index (χ0n) is 34.5. The van der Waals surface area contributed by atoms with Crippen molar-refractivity contribution >= 4 is 33.2 Å². The van der Waals surface area contributed by atoms with E-state index in [0.29, 0.717) is 11.5 Å². The van der Waals surface area contributed by atoms with Crippen molar-refractivity contribution in [2.75, 3.05) is 9.80 Å². The number of aromatic nitrogens is 2. The average molecular weight is 951 g/mol. The van der Waals surface area contributed by atoms with E-state index in [2.05, 4.69) is 215 Å². The minimum absolute atomic E-state index is 0. The number of benzene rings is 6. The van der Waals surface area contributed by atoms with Crippen LogP contribution in [-0.2, 0) is 31.9 Å². The molecule has 1 aliphatic rings. The fourth-order valence-electron chi connectivity index (χ4n) is 8.01. The van der Waals surface area contributed by atoms with Crippen molar-refractivity contribution in [3.05, 3.63) is 199 Å². The molecule has 0 bridgehead atoms. The van der Waals surface area contributed by atoms with Crippen LogP contribution in [0.1, 0.15) is 65.2 Å². The molecule has 0 radical (unpaired) electrons. The third-order valence-electron chi connectivity index (χ3n) is 11.7. The molecule has 0 fully saturated rings. The quantitative estimate of drug-likeness (QED) is 0.142. The number of ether oxygens (including phenoxy) is 1. The molecule has 6 heteroatoms. The molecule has 0 spiro atoms. The molecule has 1 aliphatic heterocycles. The largest absolute Gasteiger partial charge is 0.509 e. The van der Waals surface area contributed by atoms with Crippen molar-refractivity contribution in [1.29, 1.82) is 0 Å². The topological polar surface area (TPSA) is 33.5 Å². The van der Waals surface area contributed by atoms with Gasteiger partial charge in [0.1, 0.15) is 5.82 Å². The van der Waals surface area contributed by atoms with Gasteiger partial charge in [-0.1, -0.05) is 131 Å². The molecule has 0 N–H and O–H groups in total. The van der Waals surface area contributed by atoms with E-state index in [1.165, 1.54) is 16.7 Å². The second-order valence-electron chi connectivity index (χ2n) is 16.7. The first-order chi connectivity index (χ1) is 28.0. The predicted molar refractivity (Wildman–Crippen MR) is 240 cm³/mol. The molecular formula is C53H47N4OPt-3. The summed E-state index contributed by atoms with van der Waals surface area (Å²) in [6.07, 6.45) is 1.90. The molecule has 3 heterocycles. The van der Waals surface area contributed by atoms with E-state index in [1.54, 1.807) is 0 Å². The third kappa shape index (κ3) is 7.49. The SMILES string of the molecule is CC1=C(C)N(c2ccc(C(C)(C)c3ccccc3)cc2)[CH-]N1c1[c-]c(Oc2[c-]c3c(cc2)c2ccccc2n3-c2cc(C(C)(C)C)ccn2)cc(-c2ccccc2)c1.[Pt]. The number of allylic oxidation sites excluding steroid dienone is 2. The Bertz CT molecular complexity index is 2820. The summed E-state index contributed by atoms with van der Waals surface area (Å²) < 4.78 is 8.95. The Balaban J connectivity index is 0.00000484. The number of para-hydroxylation sites is 1. The third-order valence-corrected chi connectivity index (χ3v) is 11.7. The van der Waals surface area contributed by atoms with Crippen LogP contribution in [0.3, 0.4) is 0 Å². The molecule has 0 saturated carbocycles. The van der Waals surface area contributed by atoms with Crippen molar-refractivity contribution in [3.63, 3.8) is 0 Å². The van der Waals surface area contributed by atoms with Crippen LogP contribution in [0.25, 0.3) is 38.8 Å². The van der Waals surface area contributed by atoms with Gasteiger partial charge in [-0.05, 0) is 77.2 Å². The number of hydrogen-bond donors (Lipinski definition) is 0. The van der Waals surface area contributed by atoms with Crippen LogP contribution < -0.4 is 14.5 Å². The van der Waals surface area contributed by atoms with Crippen molar-refractivity contribution in [2.45, 2.75) is 59.3 Å². The van der Waals surface area contributed by atoms with Crippen LogP contribution in [0, 0.1) is 18.8 Å². The van der Waals surface area contributed by atoms with E-state index >= 15 is 0 Å². The minimum Gasteiger partial charge on any atom is -0.509 e. The van der Waals surface area contributed by atoms with Crippen molar-refractivity contribution in [2.24, 2.45) is 0 Å². The molecule has 59 heavy (non-hydrogen) atoms. The molecule has 0 unspecified atom stereocenters. The monoisotopic (exact) mass is 950 g/mol. The van der Waals surface area contributed by atoms with Gasteiger partial charge in [-0.3, -0.25) is 0 Å². The Labute approximate surface area is 362 Å². The van der Waals surface area contributed by atoms with Gasteiger partial charge in [0, 0.05) is 66.8 Å². The van der Waals surface area contributed by atoms with E-state index in [0.717, 1.165) is 61.5 Å². The summed E-state index contributed by atoms with van der Waals surface area (Å²) in [5.41, 5.74) is 12.0. The Morgan fingerprint density at radius 2 is 1.24 bits per heavy atom. The Hall–Kier alpha value is -5.90. The van der Waals surface area contributed by atoms with Crippen LogP contribution in [-0.4, -0.2) is 9.55 Å². The van der Waals surface area contributed by atoms with Crippen LogP contribution in [0.5, 0.6) is 11.5 Å². The molecule has 6 aromatic carbocycles. The van der Waals surface area contributed by atoms with Gasteiger partial charge in [0.05, 0.1) is 0 Å². The van der Waals surface area contributed by atoms with Crippen LogP contribution in [0.4, 0.5) is 11.4 Å². The van der Waals surface area contributed by atoms with Crippen molar-refractivity contribution in [1.82, 2.24) is 9.55 Å². The molecule has 9 rings (SSSR count). The first-order valence-electron chi connectivity index (χ1n) is 20.0. The second kappa shape index (κ2) is 15.7. The minimum atomic E-state index is -0.114. The van der Waals surface area contributed by atoms with Crippen molar-refractivity contribution in [3.8, 4) is 28.4 Å². The molecule has 5 nitrogen and oxygen atoms in total. The summed E-state index contributed by atoms with van der Waals surface area (Å²) in [5, 5.41) is 2.23. The van der Waals surface area contributed by atoms with E-state index < -0.39 is 0 Å².